The zero-order valence-electron chi connectivity index (χ0n) is 18.2. The van der Waals surface area contributed by atoms with Crippen LogP contribution in [-0.2, 0) is 23.0 Å². The quantitative estimate of drug-likeness (QED) is 0.373. The van der Waals surface area contributed by atoms with E-state index in [4.69, 9.17) is 4.42 Å². The normalized spacial score (nSPS) is 11.9. The molecule has 6 nitrogen and oxygen atoms in total. The summed E-state index contributed by atoms with van der Waals surface area (Å²) in [5, 5.41) is 9.62. The summed E-state index contributed by atoms with van der Waals surface area (Å²) in [6.07, 6.45) is 0.326. The molecule has 0 aliphatic carbocycles. The number of nitrogens with zero attached hydrogens (tertiary/aromatic N) is 1. The Morgan fingerprint density at radius 3 is 2.32 bits per heavy atom. The molecule has 0 bridgehead atoms. The van der Waals surface area contributed by atoms with Crippen LogP contribution in [0.15, 0.2) is 76.0 Å². The minimum absolute atomic E-state index is 0.0249. The van der Waals surface area contributed by atoms with Crippen molar-refractivity contribution in [1.82, 2.24) is 4.31 Å². The minimum Gasteiger partial charge on any atom is -0.475 e. The first-order chi connectivity index (χ1) is 16.2. The third-order valence-corrected chi connectivity index (χ3v) is 7.47. The molecule has 1 N–H and O–H groups in total. The highest BCUT2D eigenvalue weighted by Gasteiger charge is 2.28. The summed E-state index contributed by atoms with van der Waals surface area (Å²) < 4.78 is 62.3. The Labute approximate surface area is 195 Å². The highest BCUT2D eigenvalue weighted by Crippen LogP contribution is 2.30. The Morgan fingerprint density at radius 1 is 1.00 bits per heavy atom. The molecule has 0 saturated heterocycles. The summed E-state index contributed by atoms with van der Waals surface area (Å²) in [6, 6.07) is 16.5. The monoisotopic (exact) mass is 485 g/mol. The van der Waals surface area contributed by atoms with E-state index in [2.05, 4.69) is 0 Å². The molecule has 4 rings (SSSR count). The fourth-order valence-electron chi connectivity index (χ4n) is 3.76. The Bertz CT molecular complexity index is 1450. The summed E-state index contributed by atoms with van der Waals surface area (Å²) in [5.41, 5.74) is 1.03. The van der Waals surface area contributed by atoms with E-state index in [1.165, 1.54) is 31.2 Å². The van der Waals surface area contributed by atoms with Crippen molar-refractivity contribution in [2.24, 2.45) is 0 Å². The average Bonchev–Trinajstić information content (AvgIpc) is 3.15. The van der Waals surface area contributed by atoms with E-state index in [1.54, 1.807) is 0 Å². The molecule has 0 atom stereocenters. The molecule has 0 radical (unpaired) electrons. The van der Waals surface area contributed by atoms with E-state index >= 15 is 0 Å². The molecule has 0 aliphatic heterocycles. The number of fused-ring (bicyclic) bond motifs is 1. The Balaban J connectivity index is 1.75. The smallest absolute Gasteiger partial charge is 0.372 e. The maximum Gasteiger partial charge on any atom is 0.372 e. The van der Waals surface area contributed by atoms with Gasteiger partial charge in [-0.25, -0.2) is 22.0 Å². The van der Waals surface area contributed by atoms with Gasteiger partial charge in [-0.2, -0.15) is 4.31 Å². The van der Waals surface area contributed by atoms with E-state index in [9.17, 15) is 27.1 Å². The van der Waals surface area contributed by atoms with Crippen LogP contribution in [0.4, 0.5) is 8.78 Å². The number of carboxylic acids is 1. The van der Waals surface area contributed by atoms with E-state index in [0.717, 1.165) is 22.0 Å². The zero-order chi connectivity index (χ0) is 24.5. The second-order valence-electron chi connectivity index (χ2n) is 7.79. The van der Waals surface area contributed by atoms with Crippen LogP contribution in [0.1, 0.15) is 27.2 Å². The Hall–Kier alpha value is -3.56. The van der Waals surface area contributed by atoms with E-state index in [0.29, 0.717) is 11.8 Å². The lowest BCUT2D eigenvalue weighted by Crippen LogP contribution is -2.33. The molecule has 34 heavy (non-hydrogen) atoms. The molecule has 1 heterocycles. The van der Waals surface area contributed by atoms with Crippen molar-refractivity contribution in [3.8, 4) is 0 Å². The van der Waals surface area contributed by atoms with Crippen LogP contribution < -0.4 is 0 Å². The van der Waals surface area contributed by atoms with Crippen molar-refractivity contribution < 1.29 is 31.5 Å². The lowest BCUT2D eigenvalue weighted by molar-refractivity contribution is 0.0664. The molecule has 0 aliphatic rings. The van der Waals surface area contributed by atoms with Crippen molar-refractivity contribution in [3.63, 3.8) is 0 Å². The number of sulfonamides is 1. The maximum atomic E-state index is 14.4. The van der Waals surface area contributed by atoms with E-state index in [1.807, 2.05) is 30.3 Å². The molecule has 1 aromatic heterocycles. The largest absolute Gasteiger partial charge is 0.475 e. The number of aromatic carboxylic acids is 1. The van der Waals surface area contributed by atoms with Crippen molar-refractivity contribution in [3.05, 3.63) is 101 Å². The van der Waals surface area contributed by atoms with Gasteiger partial charge in [0, 0.05) is 29.6 Å². The second-order valence-corrected chi connectivity index (χ2v) is 9.73. The van der Waals surface area contributed by atoms with Gasteiger partial charge in [0.05, 0.1) is 4.90 Å². The van der Waals surface area contributed by atoms with Crippen molar-refractivity contribution in [2.75, 3.05) is 6.54 Å². The number of hydrogen-bond acceptors (Lipinski definition) is 4. The molecule has 3 aromatic carbocycles. The van der Waals surface area contributed by atoms with E-state index in [-0.39, 0.29) is 33.9 Å². The molecular weight excluding hydrogens is 464 g/mol. The second kappa shape index (κ2) is 9.36. The lowest BCUT2D eigenvalue weighted by atomic mass is 10.1. The van der Waals surface area contributed by atoms with Crippen LogP contribution in [0.2, 0.25) is 0 Å². The summed E-state index contributed by atoms with van der Waals surface area (Å²) in [5.74, 6) is -3.23. The van der Waals surface area contributed by atoms with Gasteiger partial charge in [0.25, 0.3) is 0 Å². The van der Waals surface area contributed by atoms with Gasteiger partial charge < -0.3 is 9.52 Å². The first kappa shape index (κ1) is 23.6. The highest BCUT2D eigenvalue weighted by molar-refractivity contribution is 7.89. The Kier molecular flexibility index (Phi) is 6.49. The third kappa shape index (κ3) is 4.57. The topological polar surface area (TPSA) is 87.8 Å². The molecule has 0 spiro atoms. The van der Waals surface area contributed by atoms with Gasteiger partial charge in [-0.15, -0.1) is 0 Å². The number of carbonyl (C=O) groups is 1. The molecule has 176 valence electrons. The minimum atomic E-state index is -4.21. The van der Waals surface area contributed by atoms with Crippen molar-refractivity contribution >= 4 is 27.0 Å². The zero-order valence-corrected chi connectivity index (χ0v) is 19.0. The number of aryl methyl sites for hydroxylation is 1. The van der Waals surface area contributed by atoms with Crippen molar-refractivity contribution in [2.45, 2.75) is 24.8 Å². The molecule has 0 fully saturated rings. The van der Waals surface area contributed by atoms with Gasteiger partial charge in [-0.1, -0.05) is 36.4 Å². The first-order valence-corrected chi connectivity index (χ1v) is 11.9. The fraction of sp³-hybridized carbons (Fsp3) is 0.160. The maximum absolute atomic E-state index is 14.4. The van der Waals surface area contributed by atoms with Gasteiger partial charge in [0.2, 0.25) is 15.8 Å². The van der Waals surface area contributed by atoms with Crippen LogP contribution in [0.25, 0.3) is 11.0 Å². The number of halogens is 2. The molecular formula is C25H21F2NO5S. The van der Waals surface area contributed by atoms with Crippen molar-refractivity contribution in [1.29, 1.82) is 0 Å². The SMILES string of the molecule is Cc1c(C(=O)O)oc2ccc(S(=O)(=O)N(CCc3ccccc3)Cc3c(F)cccc3F)cc12. The third-order valence-electron chi connectivity index (χ3n) is 5.63. The number of carboxylic acid groups (broad SMARTS) is 1. The summed E-state index contributed by atoms with van der Waals surface area (Å²) in [6.45, 7) is 0.993. The first-order valence-electron chi connectivity index (χ1n) is 10.4. The molecule has 9 heteroatoms. The average molecular weight is 486 g/mol. The summed E-state index contributed by atoms with van der Waals surface area (Å²) in [4.78, 5) is 11.2. The molecule has 0 amide bonds. The molecule has 0 saturated carbocycles. The highest BCUT2D eigenvalue weighted by atomic mass is 32.2. The van der Waals surface area contributed by atoms with Gasteiger partial charge >= 0.3 is 5.97 Å². The fourth-order valence-corrected chi connectivity index (χ4v) is 5.19. The predicted molar refractivity (Wildman–Crippen MR) is 122 cm³/mol. The van der Waals surface area contributed by atoms with Crippen LogP contribution in [0, 0.1) is 18.6 Å². The van der Waals surface area contributed by atoms with Crippen LogP contribution in [0.5, 0.6) is 0 Å². The number of furan rings is 1. The van der Waals surface area contributed by atoms with E-state index < -0.39 is 34.2 Å². The number of rotatable bonds is 8. The van der Waals surface area contributed by atoms with Gasteiger partial charge in [0.1, 0.15) is 17.2 Å². The number of benzene rings is 3. The van der Waals surface area contributed by atoms with Gasteiger partial charge in [0.15, 0.2) is 0 Å². The molecule has 4 aromatic rings. The van der Waals surface area contributed by atoms with Crippen LogP contribution in [-0.4, -0.2) is 30.3 Å². The van der Waals surface area contributed by atoms with Gasteiger partial charge in [-0.05, 0) is 49.2 Å². The van der Waals surface area contributed by atoms with Crippen LogP contribution >= 0.6 is 0 Å². The lowest BCUT2D eigenvalue weighted by Gasteiger charge is -2.23. The predicted octanol–water partition coefficient (Wildman–Crippen LogP) is 5.15. The Morgan fingerprint density at radius 2 is 1.68 bits per heavy atom. The standard InChI is InChI=1S/C25H21F2NO5S/c1-16-19-14-18(10-11-23(19)33-24(16)25(29)30)34(31,32)28(13-12-17-6-3-2-4-7-17)15-20-21(26)8-5-9-22(20)27/h2-11,14H,12-13,15H2,1H3,(H,29,30). The van der Waals surface area contributed by atoms with Crippen LogP contribution in [0.3, 0.4) is 0 Å². The molecule has 0 unspecified atom stereocenters. The van der Waals surface area contributed by atoms with Gasteiger partial charge in [-0.3, -0.25) is 0 Å². The number of hydrogen-bond donors (Lipinski definition) is 1. The summed E-state index contributed by atoms with van der Waals surface area (Å²) in [7, 11) is -4.21. The summed E-state index contributed by atoms with van der Waals surface area (Å²) >= 11 is 0.